The normalized spacial score (nSPS) is 16.3. The Morgan fingerprint density at radius 3 is 2.38 bits per heavy atom. The standard InChI is InChI=1S/C21H26N2O5S/c1-2-28-21(24)18-8-10-19(11-9-18)29(25,26)22-20(17-6-4-3-5-7-17)16-23-12-14-27-15-13-23/h3-11,20,22H,2,12-16H2,1H3/p+1/t20-/m0/s1. The summed E-state index contributed by atoms with van der Waals surface area (Å²) >= 11 is 0. The van der Waals surface area contributed by atoms with Gasteiger partial charge < -0.3 is 14.4 Å². The molecule has 1 fully saturated rings. The number of ether oxygens (including phenoxy) is 2. The van der Waals surface area contributed by atoms with Crippen molar-refractivity contribution in [2.75, 3.05) is 39.5 Å². The molecule has 0 aromatic heterocycles. The zero-order chi connectivity index (χ0) is 20.7. The van der Waals surface area contributed by atoms with E-state index in [2.05, 4.69) is 4.72 Å². The predicted octanol–water partition coefficient (Wildman–Crippen LogP) is 0.798. The molecule has 8 heteroatoms. The van der Waals surface area contributed by atoms with Crippen molar-refractivity contribution < 1.29 is 27.6 Å². The molecule has 0 amide bonds. The van der Waals surface area contributed by atoms with Gasteiger partial charge in [0, 0.05) is 0 Å². The van der Waals surface area contributed by atoms with Crippen molar-refractivity contribution in [1.82, 2.24) is 4.72 Å². The van der Waals surface area contributed by atoms with E-state index in [9.17, 15) is 13.2 Å². The molecule has 0 radical (unpaired) electrons. The third kappa shape index (κ3) is 5.86. The Morgan fingerprint density at radius 2 is 1.76 bits per heavy atom. The fourth-order valence-corrected chi connectivity index (χ4v) is 4.53. The number of hydrogen-bond donors (Lipinski definition) is 2. The van der Waals surface area contributed by atoms with Crippen molar-refractivity contribution in [3.05, 3.63) is 65.7 Å². The molecule has 29 heavy (non-hydrogen) atoms. The molecular formula is C21H27N2O5S+. The first kappa shape index (κ1) is 21.4. The number of carbonyl (C=O) groups excluding carboxylic acids is 1. The van der Waals surface area contributed by atoms with Crippen molar-refractivity contribution in [1.29, 1.82) is 0 Å². The van der Waals surface area contributed by atoms with Gasteiger partial charge in [0.15, 0.2) is 0 Å². The summed E-state index contributed by atoms with van der Waals surface area (Å²) < 4.78 is 39.2. The topological polar surface area (TPSA) is 86.1 Å². The quantitative estimate of drug-likeness (QED) is 0.618. The first-order valence-corrected chi connectivity index (χ1v) is 11.2. The van der Waals surface area contributed by atoms with Gasteiger partial charge in [0.2, 0.25) is 10.0 Å². The van der Waals surface area contributed by atoms with Crippen LogP contribution >= 0.6 is 0 Å². The van der Waals surface area contributed by atoms with Crippen molar-refractivity contribution in [2.24, 2.45) is 0 Å². The van der Waals surface area contributed by atoms with Crippen molar-refractivity contribution in [3.63, 3.8) is 0 Å². The molecule has 2 aromatic rings. The van der Waals surface area contributed by atoms with Gasteiger partial charge in [-0.1, -0.05) is 30.3 Å². The van der Waals surface area contributed by atoms with Gasteiger partial charge in [0.05, 0.1) is 42.9 Å². The van der Waals surface area contributed by atoms with Gasteiger partial charge in [-0.25, -0.2) is 13.2 Å². The number of esters is 1. The Kier molecular flexibility index (Phi) is 7.38. The van der Waals surface area contributed by atoms with E-state index in [1.54, 1.807) is 6.92 Å². The highest BCUT2D eigenvalue weighted by Crippen LogP contribution is 2.17. The number of morpholine rings is 1. The van der Waals surface area contributed by atoms with Crippen LogP contribution in [-0.4, -0.2) is 53.8 Å². The molecule has 0 spiro atoms. The van der Waals surface area contributed by atoms with Crippen LogP contribution in [0.15, 0.2) is 59.5 Å². The molecule has 1 aliphatic heterocycles. The van der Waals surface area contributed by atoms with Crippen LogP contribution in [0.25, 0.3) is 0 Å². The number of sulfonamides is 1. The van der Waals surface area contributed by atoms with E-state index in [-0.39, 0.29) is 17.5 Å². The minimum Gasteiger partial charge on any atom is -0.462 e. The first-order valence-electron chi connectivity index (χ1n) is 9.75. The second-order valence-electron chi connectivity index (χ2n) is 6.90. The molecule has 2 N–H and O–H groups in total. The van der Waals surface area contributed by atoms with Crippen LogP contribution in [0.4, 0.5) is 0 Å². The smallest absolute Gasteiger partial charge is 0.338 e. The number of rotatable bonds is 8. The van der Waals surface area contributed by atoms with Gasteiger partial charge in [-0.15, -0.1) is 0 Å². The molecule has 1 heterocycles. The second kappa shape index (κ2) is 9.98. The zero-order valence-electron chi connectivity index (χ0n) is 16.5. The lowest BCUT2D eigenvalue weighted by Gasteiger charge is -2.28. The molecule has 1 aliphatic rings. The molecule has 1 atom stereocenters. The van der Waals surface area contributed by atoms with Gasteiger partial charge in [0.1, 0.15) is 13.1 Å². The third-order valence-corrected chi connectivity index (χ3v) is 6.36. The monoisotopic (exact) mass is 419 g/mol. The highest BCUT2D eigenvalue weighted by Gasteiger charge is 2.26. The highest BCUT2D eigenvalue weighted by atomic mass is 32.2. The summed E-state index contributed by atoms with van der Waals surface area (Å²) in [5, 5.41) is 0. The van der Waals surface area contributed by atoms with Crippen molar-refractivity contribution >= 4 is 16.0 Å². The van der Waals surface area contributed by atoms with Gasteiger partial charge in [-0.3, -0.25) is 0 Å². The average Bonchev–Trinajstić information content (AvgIpc) is 2.75. The van der Waals surface area contributed by atoms with E-state index >= 15 is 0 Å². The third-order valence-electron chi connectivity index (χ3n) is 4.87. The van der Waals surface area contributed by atoms with Crippen LogP contribution in [0.2, 0.25) is 0 Å². The SMILES string of the molecule is CCOC(=O)c1ccc(S(=O)(=O)N[C@@H](C[NH+]2CCOCC2)c2ccccc2)cc1. The minimum absolute atomic E-state index is 0.114. The fourth-order valence-electron chi connectivity index (χ4n) is 3.31. The Labute approximate surface area is 171 Å². The van der Waals surface area contributed by atoms with Gasteiger partial charge in [-0.2, -0.15) is 4.72 Å². The number of carbonyl (C=O) groups is 1. The van der Waals surface area contributed by atoms with Crippen LogP contribution in [0, 0.1) is 0 Å². The maximum atomic E-state index is 13.0. The van der Waals surface area contributed by atoms with Crippen LogP contribution in [0.1, 0.15) is 28.9 Å². The minimum atomic E-state index is -3.76. The largest absolute Gasteiger partial charge is 0.462 e. The molecule has 1 saturated heterocycles. The lowest BCUT2D eigenvalue weighted by Crippen LogP contribution is -3.14. The number of nitrogens with one attached hydrogen (secondary N) is 2. The number of benzene rings is 2. The van der Waals surface area contributed by atoms with Crippen LogP contribution in [-0.2, 0) is 19.5 Å². The fraction of sp³-hybridized carbons (Fsp3) is 0.381. The summed E-state index contributed by atoms with van der Waals surface area (Å²) in [6.07, 6.45) is 0. The van der Waals surface area contributed by atoms with E-state index in [1.807, 2.05) is 30.3 Å². The summed E-state index contributed by atoms with van der Waals surface area (Å²) in [4.78, 5) is 13.2. The number of hydrogen-bond acceptors (Lipinski definition) is 5. The van der Waals surface area contributed by atoms with E-state index in [1.165, 1.54) is 29.2 Å². The van der Waals surface area contributed by atoms with E-state index in [4.69, 9.17) is 9.47 Å². The molecular weight excluding hydrogens is 392 g/mol. The lowest BCUT2D eigenvalue weighted by atomic mass is 10.1. The summed E-state index contributed by atoms with van der Waals surface area (Å²) in [6.45, 7) is 5.67. The Balaban J connectivity index is 1.78. The maximum absolute atomic E-state index is 13.0. The van der Waals surface area contributed by atoms with Crippen LogP contribution < -0.4 is 9.62 Å². The van der Waals surface area contributed by atoms with Crippen LogP contribution in [0.5, 0.6) is 0 Å². The summed E-state index contributed by atoms with van der Waals surface area (Å²) in [7, 11) is -3.76. The molecule has 156 valence electrons. The Morgan fingerprint density at radius 1 is 1.10 bits per heavy atom. The van der Waals surface area contributed by atoms with Gasteiger partial charge in [-0.05, 0) is 36.8 Å². The van der Waals surface area contributed by atoms with E-state index in [0.29, 0.717) is 25.3 Å². The summed E-state index contributed by atoms with van der Waals surface area (Å²) in [5.74, 6) is -0.470. The molecule has 0 bridgehead atoms. The Bertz CT molecular complexity index is 894. The average molecular weight is 420 g/mol. The lowest BCUT2D eigenvalue weighted by molar-refractivity contribution is -0.909. The number of quaternary nitrogens is 1. The Hall–Kier alpha value is -2.26. The zero-order valence-corrected chi connectivity index (χ0v) is 17.3. The predicted molar refractivity (Wildman–Crippen MR) is 108 cm³/mol. The van der Waals surface area contributed by atoms with Gasteiger partial charge in [0.25, 0.3) is 0 Å². The molecule has 0 aliphatic carbocycles. The highest BCUT2D eigenvalue weighted by molar-refractivity contribution is 7.89. The maximum Gasteiger partial charge on any atom is 0.338 e. The summed E-state index contributed by atoms with van der Waals surface area (Å²) in [5.41, 5.74) is 1.24. The van der Waals surface area contributed by atoms with E-state index < -0.39 is 16.0 Å². The molecule has 7 nitrogen and oxygen atoms in total. The molecule has 3 rings (SSSR count). The molecule has 0 unspecified atom stereocenters. The van der Waals surface area contributed by atoms with Crippen molar-refractivity contribution in [2.45, 2.75) is 17.9 Å². The van der Waals surface area contributed by atoms with E-state index in [0.717, 1.165) is 18.7 Å². The van der Waals surface area contributed by atoms with Crippen LogP contribution in [0.3, 0.4) is 0 Å². The molecule has 0 saturated carbocycles. The molecule has 2 aromatic carbocycles. The summed E-state index contributed by atoms with van der Waals surface area (Å²) in [6, 6.07) is 15.0. The van der Waals surface area contributed by atoms with Gasteiger partial charge >= 0.3 is 5.97 Å². The first-order chi connectivity index (χ1) is 14.0. The second-order valence-corrected chi connectivity index (χ2v) is 8.61. The van der Waals surface area contributed by atoms with Crippen molar-refractivity contribution in [3.8, 4) is 0 Å².